The molecule has 7 rings (SSSR count). The maximum absolute atomic E-state index is 13.5. The summed E-state index contributed by atoms with van der Waals surface area (Å²) in [5.74, 6) is -2.04. The summed E-state index contributed by atoms with van der Waals surface area (Å²) in [6, 6.07) is 33.3. The molecule has 0 radical (unpaired) electrons. The van der Waals surface area contributed by atoms with Gasteiger partial charge in [-0.3, -0.25) is 9.59 Å². The molecule has 10 nitrogen and oxygen atoms in total. The Morgan fingerprint density at radius 2 is 0.778 bits per heavy atom. The van der Waals surface area contributed by atoms with Crippen LogP contribution in [0.15, 0.2) is 142 Å². The van der Waals surface area contributed by atoms with Gasteiger partial charge in [0.15, 0.2) is 11.5 Å². The molecule has 7 aromatic rings. The first-order valence-electron chi connectivity index (χ1n) is 16.0. The van der Waals surface area contributed by atoms with Gasteiger partial charge in [-0.1, -0.05) is 107 Å². The van der Waals surface area contributed by atoms with Gasteiger partial charge in [-0.05, 0) is 71.4 Å². The Labute approximate surface area is 327 Å². The molecule has 0 saturated carbocycles. The summed E-state index contributed by atoms with van der Waals surface area (Å²) in [5.41, 5.74) is 1.17. The standard InChI is InChI=1S/C40H24Cl4N6O4/c41-29-11-5-12-30(42)35(29)49-47-33-25-9-3-1-7-21(25)19-27(37(33)51)39(53)45-23-15-17-24(18-16-23)46-40(54)28-20-22-8-2-4-10-26(22)34(38(28)52)48-50-36-31(43)13-6-14-32(36)44/h1-20,51-52H,(H,45,53)(H,46,54). The van der Waals surface area contributed by atoms with Crippen molar-refractivity contribution in [2.45, 2.75) is 0 Å². The van der Waals surface area contributed by atoms with Gasteiger partial charge < -0.3 is 20.8 Å². The molecule has 0 aromatic heterocycles. The quantitative estimate of drug-likeness (QED) is 0.113. The van der Waals surface area contributed by atoms with Crippen molar-refractivity contribution in [1.29, 1.82) is 0 Å². The number of benzene rings is 7. The molecule has 14 heteroatoms. The molecule has 0 aliphatic heterocycles. The number of rotatable bonds is 8. The van der Waals surface area contributed by atoms with Crippen molar-refractivity contribution in [3.8, 4) is 11.5 Å². The van der Waals surface area contributed by atoms with Gasteiger partial charge >= 0.3 is 0 Å². The molecule has 0 fully saturated rings. The largest absolute Gasteiger partial charge is 0.505 e. The zero-order valence-corrected chi connectivity index (χ0v) is 30.6. The van der Waals surface area contributed by atoms with Crippen LogP contribution in [0.2, 0.25) is 20.1 Å². The molecule has 0 atom stereocenters. The van der Waals surface area contributed by atoms with Crippen LogP contribution in [0.4, 0.5) is 34.1 Å². The van der Waals surface area contributed by atoms with Crippen molar-refractivity contribution in [3.05, 3.63) is 153 Å². The van der Waals surface area contributed by atoms with Crippen LogP contribution >= 0.6 is 46.4 Å². The highest BCUT2D eigenvalue weighted by molar-refractivity contribution is 6.39. The molecule has 2 amide bonds. The highest BCUT2D eigenvalue weighted by atomic mass is 35.5. The van der Waals surface area contributed by atoms with Crippen molar-refractivity contribution in [2.75, 3.05) is 10.6 Å². The van der Waals surface area contributed by atoms with E-state index in [9.17, 15) is 19.8 Å². The molecule has 54 heavy (non-hydrogen) atoms. The highest BCUT2D eigenvalue weighted by Crippen LogP contribution is 2.43. The van der Waals surface area contributed by atoms with E-state index in [-0.39, 0.29) is 54.0 Å². The van der Waals surface area contributed by atoms with Crippen molar-refractivity contribution < 1.29 is 19.8 Å². The van der Waals surface area contributed by atoms with Crippen LogP contribution in [0.5, 0.6) is 11.5 Å². The average molecular weight is 794 g/mol. The number of nitrogens with zero attached hydrogens (tertiary/aromatic N) is 4. The number of carbonyl (C=O) groups is 2. The van der Waals surface area contributed by atoms with Gasteiger partial charge in [0.25, 0.3) is 11.8 Å². The minimum Gasteiger partial charge on any atom is -0.505 e. The van der Waals surface area contributed by atoms with E-state index in [1.54, 1.807) is 121 Å². The number of phenolic OH excluding ortho intramolecular Hbond substituents is 2. The molecular formula is C40H24Cl4N6O4. The number of fused-ring (bicyclic) bond motifs is 2. The molecule has 266 valence electrons. The van der Waals surface area contributed by atoms with Gasteiger partial charge in [0.2, 0.25) is 0 Å². The maximum Gasteiger partial charge on any atom is 0.259 e. The topological polar surface area (TPSA) is 148 Å². The normalized spacial score (nSPS) is 11.5. The summed E-state index contributed by atoms with van der Waals surface area (Å²) in [4.78, 5) is 27.0. The minimum atomic E-state index is -0.622. The van der Waals surface area contributed by atoms with Crippen LogP contribution in [0.25, 0.3) is 21.5 Å². The minimum absolute atomic E-state index is 0.0539. The molecule has 0 bridgehead atoms. The summed E-state index contributed by atoms with van der Waals surface area (Å²) in [7, 11) is 0. The second-order valence-corrected chi connectivity index (χ2v) is 13.3. The lowest BCUT2D eigenvalue weighted by Gasteiger charge is -2.13. The molecular weight excluding hydrogens is 770 g/mol. The van der Waals surface area contributed by atoms with Gasteiger partial charge in [-0.2, -0.15) is 0 Å². The Morgan fingerprint density at radius 1 is 0.444 bits per heavy atom. The SMILES string of the molecule is O=C(Nc1ccc(NC(=O)c2cc3ccccc3c(N=Nc3c(Cl)cccc3Cl)c2O)cc1)c1cc2ccccc2c(N=Nc2c(Cl)cccc2Cl)c1O. The first-order chi connectivity index (χ1) is 26.1. The van der Waals surface area contributed by atoms with Crippen LogP contribution in [-0.2, 0) is 0 Å². The van der Waals surface area contributed by atoms with Crippen molar-refractivity contribution in [1.82, 2.24) is 0 Å². The smallest absolute Gasteiger partial charge is 0.259 e. The third-order valence-electron chi connectivity index (χ3n) is 8.26. The average Bonchev–Trinajstić information content (AvgIpc) is 3.16. The first kappa shape index (κ1) is 36.3. The molecule has 0 aliphatic carbocycles. The molecule has 0 heterocycles. The lowest BCUT2D eigenvalue weighted by Crippen LogP contribution is -2.13. The van der Waals surface area contributed by atoms with Crippen LogP contribution in [0.1, 0.15) is 20.7 Å². The fraction of sp³-hybridized carbons (Fsp3) is 0. The zero-order chi connectivity index (χ0) is 37.9. The Hall–Kier alpha value is -6.04. The van der Waals surface area contributed by atoms with E-state index in [1.165, 1.54) is 0 Å². The fourth-order valence-corrected chi connectivity index (χ4v) is 6.53. The van der Waals surface area contributed by atoms with E-state index in [4.69, 9.17) is 46.4 Å². The van der Waals surface area contributed by atoms with E-state index in [2.05, 4.69) is 31.1 Å². The summed E-state index contributed by atoms with van der Waals surface area (Å²) < 4.78 is 0. The number of phenols is 2. The second-order valence-electron chi connectivity index (χ2n) is 11.7. The number of azo groups is 2. The Kier molecular flexibility index (Phi) is 10.4. The van der Waals surface area contributed by atoms with Crippen LogP contribution in [0, 0.1) is 0 Å². The summed E-state index contributed by atoms with van der Waals surface area (Å²) in [5, 5.41) is 48.3. The molecule has 4 N–H and O–H groups in total. The lowest BCUT2D eigenvalue weighted by atomic mass is 10.0. The summed E-state index contributed by atoms with van der Waals surface area (Å²) >= 11 is 25.0. The van der Waals surface area contributed by atoms with Crippen molar-refractivity contribution >= 4 is 114 Å². The van der Waals surface area contributed by atoms with E-state index in [0.29, 0.717) is 32.9 Å². The summed E-state index contributed by atoms with van der Waals surface area (Å²) in [6.07, 6.45) is 0. The molecule has 0 aliphatic rings. The highest BCUT2D eigenvalue weighted by Gasteiger charge is 2.21. The number of carbonyl (C=O) groups excluding carboxylic acids is 2. The van der Waals surface area contributed by atoms with Crippen molar-refractivity contribution in [2.24, 2.45) is 20.5 Å². The number of amides is 2. The summed E-state index contributed by atoms with van der Waals surface area (Å²) in [6.45, 7) is 0. The second kappa shape index (κ2) is 15.5. The van der Waals surface area contributed by atoms with Crippen LogP contribution < -0.4 is 10.6 Å². The predicted octanol–water partition coefficient (Wildman–Crippen LogP) is 13.4. The van der Waals surface area contributed by atoms with E-state index >= 15 is 0 Å². The van der Waals surface area contributed by atoms with Crippen LogP contribution in [0.3, 0.4) is 0 Å². The van der Waals surface area contributed by atoms with E-state index in [1.807, 2.05) is 0 Å². The van der Waals surface area contributed by atoms with Gasteiger partial charge in [0.05, 0.1) is 31.2 Å². The van der Waals surface area contributed by atoms with E-state index < -0.39 is 23.3 Å². The van der Waals surface area contributed by atoms with Gasteiger partial charge in [-0.25, -0.2) is 0 Å². The van der Waals surface area contributed by atoms with Gasteiger partial charge in [0.1, 0.15) is 22.7 Å². The molecule has 0 spiro atoms. The number of aromatic hydroxyl groups is 2. The van der Waals surface area contributed by atoms with Crippen molar-refractivity contribution in [3.63, 3.8) is 0 Å². The van der Waals surface area contributed by atoms with E-state index in [0.717, 1.165) is 0 Å². The van der Waals surface area contributed by atoms with Gasteiger partial charge in [-0.15, -0.1) is 20.5 Å². The first-order valence-corrected chi connectivity index (χ1v) is 17.5. The lowest BCUT2D eigenvalue weighted by molar-refractivity contribution is 0.101. The Morgan fingerprint density at radius 3 is 1.15 bits per heavy atom. The monoisotopic (exact) mass is 792 g/mol. The number of halogens is 4. The third kappa shape index (κ3) is 7.41. The Balaban J connectivity index is 1.12. The Bertz CT molecular complexity index is 2460. The fourth-order valence-electron chi connectivity index (χ4n) is 5.59. The van der Waals surface area contributed by atoms with Gasteiger partial charge in [0, 0.05) is 22.1 Å². The number of hydrogen-bond donors (Lipinski definition) is 4. The third-order valence-corrected chi connectivity index (χ3v) is 9.48. The maximum atomic E-state index is 13.5. The molecule has 0 unspecified atom stereocenters. The molecule has 0 saturated heterocycles. The number of anilines is 2. The zero-order valence-electron chi connectivity index (χ0n) is 27.6. The predicted molar refractivity (Wildman–Crippen MR) is 215 cm³/mol. The number of hydrogen-bond acceptors (Lipinski definition) is 8. The van der Waals surface area contributed by atoms with Crippen LogP contribution in [-0.4, -0.2) is 22.0 Å². The number of nitrogens with one attached hydrogen (secondary N) is 2. The molecule has 7 aromatic carbocycles.